The summed E-state index contributed by atoms with van der Waals surface area (Å²) >= 11 is 0. The van der Waals surface area contributed by atoms with Gasteiger partial charge in [-0.1, -0.05) is 42.5 Å². The third-order valence-electron chi connectivity index (χ3n) is 2.61. The number of hydrogen-bond donors (Lipinski definition) is 1. The van der Waals surface area contributed by atoms with E-state index in [1.807, 2.05) is 30.3 Å². The van der Waals surface area contributed by atoms with Gasteiger partial charge in [0.25, 0.3) is 0 Å². The Morgan fingerprint density at radius 2 is 1.58 bits per heavy atom. The first-order valence-electron chi connectivity index (χ1n) is 5.59. The second-order valence-electron chi connectivity index (χ2n) is 4.05. The summed E-state index contributed by atoms with van der Waals surface area (Å²) in [6.45, 7) is 0. The van der Waals surface area contributed by atoms with Crippen molar-refractivity contribution in [2.24, 2.45) is 0 Å². The summed E-state index contributed by atoms with van der Waals surface area (Å²) in [5, 5.41) is 8.62. The van der Waals surface area contributed by atoms with Gasteiger partial charge in [-0.05, 0) is 23.3 Å². The monoisotopic (exact) mass is 276 g/mol. The van der Waals surface area contributed by atoms with E-state index in [1.54, 1.807) is 12.1 Å². The number of hydrogen-bond acceptors (Lipinski definition) is 3. The van der Waals surface area contributed by atoms with Crippen molar-refractivity contribution in [3.8, 4) is 11.1 Å². The van der Waals surface area contributed by atoms with E-state index in [-0.39, 0.29) is 4.90 Å². The van der Waals surface area contributed by atoms with Gasteiger partial charge in [-0.15, -0.1) is 0 Å². The van der Waals surface area contributed by atoms with Crippen molar-refractivity contribution in [2.75, 3.05) is 5.75 Å². The highest BCUT2D eigenvalue weighted by atomic mass is 32.2. The number of aliphatic carboxylic acids is 1. The van der Waals surface area contributed by atoms with Gasteiger partial charge in [-0.3, -0.25) is 4.79 Å². The van der Waals surface area contributed by atoms with Gasteiger partial charge < -0.3 is 5.11 Å². The molecule has 0 unspecified atom stereocenters. The molecule has 0 amide bonds. The Morgan fingerprint density at radius 3 is 2.21 bits per heavy atom. The van der Waals surface area contributed by atoms with Gasteiger partial charge in [0.05, 0.1) is 4.90 Å². The quantitative estimate of drug-likeness (QED) is 0.929. The topological polar surface area (TPSA) is 71.4 Å². The second-order valence-corrected chi connectivity index (χ2v) is 6.04. The third-order valence-corrected chi connectivity index (χ3v) is 4.21. The number of rotatable bonds is 4. The smallest absolute Gasteiger partial charge is 0.319 e. The third kappa shape index (κ3) is 3.20. The predicted octanol–water partition coefficient (Wildman–Crippen LogP) is 2.21. The first-order chi connectivity index (χ1) is 8.99. The summed E-state index contributed by atoms with van der Waals surface area (Å²) in [7, 11) is -3.79. The first kappa shape index (κ1) is 13.3. The Kier molecular flexibility index (Phi) is 3.66. The normalized spacial score (nSPS) is 11.2. The van der Waals surface area contributed by atoms with Crippen LogP contribution in [0.3, 0.4) is 0 Å². The molecule has 19 heavy (non-hydrogen) atoms. The van der Waals surface area contributed by atoms with Crippen LogP contribution in [-0.4, -0.2) is 25.2 Å². The van der Waals surface area contributed by atoms with Crippen LogP contribution in [0, 0.1) is 0 Å². The summed E-state index contributed by atoms with van der Waals surface area (Å²) < 4.78 is 23.7. The Hall–Kier alpha value is -2.14. The molecule has 0 heterocycles. The maximum Gasteiger partial charge on any atom is 0.319 e. The van der Waals surface area contributed by atoms with Gasteiger partial charge in [0, 0.05) is 0 Å². The van der Waals surface area contributed by atoms with Crippen LogP contribution in [0.15, 0.2) is 59.5 Å². The summed E-state index contributed by atoms with van der Waals surface area (Å²) in [5.41, 5.74) is 1.63. The van der Waals surface area contributed by atoms with E-state index in [0.717, 1.165) is 11.1 Å². The van der Waals surface area contributed by atoms with Crippen molar-refractivity contribution in [1.82, 2.24) is 0 Å². The summed E-state index contributed by atoms with van der Waals surface area (Å²) in [6, 6.07) is 15.6. The van der Waals surface area contributed by atoms with E-state index in [1.165, 1.54) is 12.1 Å². The minimum Gasteiger partial charge on any atom is -0.480 e. The minimum atomic E-state index is -3.79. The van der Waals surface area contributed by atoms with Crippen molar-refractivity contribution < 1.29 is 18.3 Å². The SMILES string of the molecule is O=C(O)CS(=O)(=O)c1cccc(-c2ccccc2)c1. The number of carboxylic acids is 1. The maximum atomic E-state index is 11.8. The van der Waals surface area contributed by atoms with Gasteiger partial charge in [-0.25, -0.2) is 8.42 Å². The molecule has 5 heteroatoms. The molecule has 2 rings (SSSR count). The Balaban J connectivity index is 2.43. The van der Waals surface area contributed by atoms with E-state index >= 15 is 0 Å². The summed E-state index contributed by atoms with van der Waals surface area (Å²) in [6.07, 6.45) is 0. The molecule has 0 radical (unpaired) electrons. The standard InChI is InChI=1S/C14H12O4S/c15-14(16)10-19(17,18)13-8-4-7-12(9-13)11-5-2-1-3-6-11/h1-9H,10H2,(H,15,16). The predicted molar refractivity (Wildman–Crippen MR) is 71.6 cm³/mol. The fourth-order valence-electron chi connectivity index (χ4n) is 1.75. The zero-order valence-corrected chi connectivity index (χ0v) is 10.8. The van der Waals surface area contributed by atoms with Crippen LogP contribution in [0.25, 0.3) is 11.1 Å². The van der Waals surface area contributed by atoms with E-state index < -0.39 is 21.6 Å². The zero-order chi connectivity index (χ0) is 13.9. The first-order valence-corrected chi connectivity index (χ1v) is 7.24. The van der Waals surface area contributed by atoms with Crippen molar-refractivity contribution in [2.45, 2.75) is 4.90 Å². The molecule has 0 aliphatic carbocycles. The van der Waals surface area contributed by atoms with E-state index in [4.69, 9.17) is 5.11 Å². The lowest BCUT2D eigenvalue weighted by atomic mass is 10.1. The lowest BCUT2D eigenvalue weighted by Crippen LogP contribution is -2.15. The van der Waals surface area contributed by atoms with Crippen LogP contribution in [-0.2, 0) is 14.6 Å². The molecule has 0 saturated carbocycles. The van der Waals surface area contributed by atoms with Crippen molar-refractivity contribution >= 4 is 15.8 Å². The average molecular weight is 276 g/mol. The Morgan fingerprint density at radius 1 is 0.947 bits per heavy atom. The molecular formula is C14H12O4S. The van der Waals surface area contributed by atoms with Crippen LogP contribution in [0.5, 0.6) is 0 Å². The number of benzene rings is 2. The molecule has 2 aromatic carbocycles. The molecule has 0 aliphatic heterocycles. The van der Waals surface area contributed by atoms with Gasteiger partial charge in [-0.2, -0.15) is 0 Å². The highest BCUT2D eigenvalue weighted by Crippen LogP contribution is 2.22. The lowest BCUT2D eigenvalue weighted by molar-refractivity contribution is -0.134. The molecule has 0 aromatic heterocycles. The molecule has 0 fully saturated rings. The fraction of sp³-hybridized carbons (Fsp3) is 0.0714. The van der Waals surface area contributed by atoms with Crippen LogP contribution < -0.4 is 0 Å². The molecule has 0 atom stereocenters. The molecule has 0 saturated heterocycles. The fourth-order valence-corrected chi connectivity index (χ4v) is 2.83. The number of sulfone groups is 1. The number of carbonyl (C=O) groups is 1. The summed E-state index contributed by atoms with van der Waals surface area (Å²) in [4.78, 5) is 10.6. The van der Waals surface area contributed by atoms with Crippen LogP contribution in [0.4, 0.5) is 0 Å². The van der Waals surface area contributed by atoms with Gasteiger partial charge in [0.2, 0.25) is 0 Å². The Bertz CT molecular complexity index is 690. The molecule has 2 aromatic rings. The van der Waals surface area contributed by atoms with Crippen LogP contribution in [0.1, 0.15) is 0 Å². The molecule has 98 valence electrons. The molecule has 0 bridgehead atoms. The van der Waals surface area contributed by atoms with Crippen LogP contribution in [0.2, 0.25) is 0 Å². The van der Waals surface area contributed by atoms with Gasteiger partial charge in [0.1, 0.15) is 0 Å². The minimum absolute atomic E-state index is 0.0243. The van der Waals surface area contributed by atoms with Crippen molar-refractivity contribution in [1.29, 1.82) is 0 Å². The molecule has 0 spiro atoms. The van der Waals surface area contributed by atoms with Crippen molar-refractivity contribution in [3.05, 3.63) is 54.6 Å². The van der Waals surface area contributed by atoms with E-state index in [9.17, 15) is 13.2 Å². The Labute approximate surface area is 111 Å². The van der Waals surface area contributed by atoms with E-state index in [2.05, 4.69) is 0 Å². The van der Waals surface area contributed by atoms with E-state index in [0.29, 0.717) is 0 Å². The highest BCUT2D eigenvalue weighted by Gasteiger charge is 2.19. The highest BCUT2D eigenvalue weighted by molar-refractivity contribution is 7.92. The molecular weight excluding hydrogens is 264 g/mol. The van der Waals surface area contributed by atoms with Crippen molar-refractivity contribution in [3.63, 3.8) is 0 Å². The molecule has 1 N–H and O–H groups in total. The molecule has 0 aliphatic rings. The number of carboxylic acid groups (broad SMARTS) is 1. The second kappa shape index (κ2) is 5.24. The lowest BCUT2D eigenvalue weighted by Gasteiger charge is -2.05. The van der Waals surface area contributed by atoms with Gasteiger partial charge >= 0.3 is 5.97 Å². The maximum absolute atomic E-state index is 11.8. The average Bonchev–Trinajstić information content (AvgIpc) is 2.38. The van der Waals surface area contributed by atoms with Crippen LogP contribution >= 0.6 is 0 Å². The largest absolute Gasteiger partial charge is 0.480 e. The summed E-state index contributed by atoms with van der Waals surface area (Å²) in [5.74, 6) is -2.25. The van der Waals surface area contributed by atoms with Gasteiger partial charge in [0.15, 0.2) is 15.6 Å². The molecule has 4 nitrogen and oxygen atoms in total. The zero-order valence-electron chi connectivity index (χ0n) is 9.98.